The second kappa shape index (κ2) is 4.08. The number of hydrogen-bond donors (Lipinski definition) is 1. The van der Waals surface area contributed by atoms with Gasteiger partial charge in [0.2, 0.25) is 0 Å². The van der Waals surface area contributed by atoms with Crippen molar-refractivity contribution in [3.05, 3.63) is 36.4 Å². The van der Waals surface area contributed by atoms with Gasteiger partial charge in [0.1, 0.15) is 0 Å². The lowest BCUT2D eigenvalue weighted by Gasteiger charge is -2.15. The quantitative estimate of drug-likeness (QED) is 0.825. The maximum atomic E-state index is 4.40. The molecule has 17 heavy (non-hydrogen) atoms. The van der Waals surface area contributed by atoms with E-state index in [4.69, 9.17) is 0 Å². The lowest BCUT2D eigenvalue weighted by molar-refractivity contribution is 0.534. The van der Waals surface area contributed by atoms with Crippen molar-refractivity contribution < 1.29 is 0 Å². The first-order valence-corrected chi connectivity index (χ1v) is 5.73. The Morgan fingerprint density at radius 3 is 3.18 bits per heavy atom. The lowest BCUT2D eigenvalue weighted by atomic mass is 10.2. The number of fused-ring (bicyclic) bond motifs is 1. The highest BCUT2D eigenvalue weighted by Gasteiger charge is 2.11. The number of rotatable bonds is 2. The second-order valence-corrected chi connectivity index (χ2v) is 4.24. The number of nitrogens with zero attached hydrogens (tertiary/aromatic N) is 4. The number of pyridine rings is 1. The summed E-state index contributed by atoms with van der Waals surface area (Å²) in [6, 6.07) is 4.18. The average molecular weight is 229 g/mol. The van der Waals surface area contributed by atoms with Gasteiger partial charge < -0.3 is 14.6 Å². The Balaban J connectivity index is 1.72. The Bertz CT molecular complexity index is 557. The van der Waals surface area contributed by atoms with Gasteiger partial charge in [0.05, 0.1) is 24.6 Å². The molecule has 1 aliphatic heterocycles. The molecule has 3 rings (SSSR count). The molecule has 2 aromatic rings. The number of nitrogens with one attached hydrogen (secondary N) is 1. The molecular weight excluding hydrogens is 214 g/mol. The number of hydrogen-bond acceptors (Lipinski definition) is 4. The van der Waals surface area contributed by atoms with Gasteiger partial charge in [-0.25, -0.2) is 4.98 Å². The zero-order valence-corrected chi connectivity index (χ0v) is 9.80. The van der Waals surface area contributed by atoms with Gasteiger partial charge in [-0.15, -0.1) is 0 Å². The smallest absolute Gasteiger partial charge is 0.194 e. The topological polar surface area (TPSA) is 44.9 Å². The van der Waals surface area contributed by atoms with Gasteiger partial charge >= 0.3 is 0 Å². The summed E-state index contributed by atoms with van der Waals surface area (Å²) in [5.74, 6) is 0.982. The first-order valence-electron chi connectivity index (χ1n) is 5.73. The van der Waals surface area contributed by atoms with Crippen LogP contribution in [-0.4, -0.2) is 40.4 Å². The van der Waals surface area contributed by atoms with Crippen molar-refractivity contribution in [3.8, 4) is 0 Å². The highest BCUT2D eigenvalue weighted by Crippen LogP contribution is 2.06. The molecule has 0 amide bonds. The number of aliphatic imine (C=N–C) groups is 1. The van der Waals surface area contributed by atoms with Gasteiger partial charge in [-0.05, 0) is 11.6 Å². The van der Waals surface area contributed by atoms with Crippen LogP contribution in [0.4, 0.5) is 0 Å². The van der Waals surface area contributed by atoms with Crippen LogP contribution in [0.5, 0.6) is 0 Å². The van der Waals surface area contributed by atoms with Crippen LogP contribution in [0.1, 0.15) is 5.56 Å². The molecule has 0 fully saturated rings. The molecule has 0 atom stereocenters. The van der Waals surface area contributed by atoms with E-state index in [1.807, 2.05) is 16.9 Å². The number of likely N-dealkylation sites (N-methyl/N-ethyl adjacent to an activating group) is 1. The fourth-order valence-corrected chi connectivity index (χ4v) is 1.97. The molecule has 0 radical (unpaired) electrons. The van der Waals surface area contributed by atoms with E-state index >= 15 is 0 Å². The predicted molar refractivity (Wildman–Crippen MR) is 67.0 cm³/mol. The summed E-state index contributed by atoms with van der Waals surface area (Å²) < 4.78 is 2.02. The molecule has 5 heteroatoms. The van der Waals surface area contributed by atoms with Crippen molar-refractivity contribution >= 4 is 11.5 Å². The normalized spacial score (nSPS) is 15.4. The molecule has 1 N–H and O–H groups in total. The Hall–Kier alpha value is -2.04. The Labute approximate surface area is 99.8 Å². The molecule has 0 aliphatic carbocycles. The van der Waals surface area contributed by atoms with Crippen molar-refractivity contribution in [3.63, 3.8) is 0 Å². The first kappa shape index (κ1) is 10.1. The first-order chi connectivity index (χ1) is 8.33. The van der Waals surface area contributed by atoms with Crippen LogP contribution < -0.4 is 5.32 Å². The van der Waals surface area contributed by atoms with Crippen molar-refractivity contribution in [2.24, 2.45) is 4.99 Å². The number of guanidine groups is 1. The van der Waals surface area contributed by atoms with E-state index in [0.29, 0.717) is 0 Å². The molecule has 0 saturated carbocycles. The van der Waals surface area contributed by atoms with E-state index < -0.39 is 0 Å². The molecule has 0 bridgehead atoms. The SMILES string of the molecule is CN1CCN=C1NCc1ccc2cncn2c1. The van der Waals surface area contributed by atoms with Gasteiger partial charge in [0.15, 0.2) is 5.96 Å². The van der Waals surface area contributed by atoms with Gasteiger partial charge in [0.25, 0.3) is 0 Å². The summed E-state index contributed by atoms with van der Waals surface area (Å²) in [4.78, 5) is 10.6. The van der Waals surface area contributed by atoms with Crippen LogP contribution in [0.15, 0.2) is 35.8 Å². The zero-order chi connectivity index (χ0) is 11.7. The molecule has 88 valence electrons. The van der Waals surface area contributed by atoms with E-state index in [1.165, 1.54) is 5.56 Å². The van der Waals surface area contributed by atoms with Gasteiger partial charge in [-0.1, -0.05) is 6.07 Å². The summed E-state index contributed by atoms with van der Waals surface area (Å²) in [6.45, 7) is 2.68. The summed E-state index contributed by atoms with van der Waals surface area (Å²) in [6.07, 6.45) is 5.76. The van der Waals surface area contributed by atoms with Crippen LogP contribution in [0.2, 0.25) is 0 Å². The van der Waals surface area contributed by atoms with E-state index in [0.717, 1.165) is 31.1 Å². The van der Waals surface area contributed by atoms with Gasteiger partial charge in [0, 0.05) is 26.3 Å². The standard InChI is InChI=1S/C12H15N5/c1-16-5-4-14-12(16)15-6-10-2-3-11-7-13-9-17(11)8-10/h2-3,7-9H,4-6H2,1H3,(H,14,15). The molecule has 0 unspecified atom stereocenters. The average Bonchev–Trinajstić information content (AvgIpc) is 2.94. The van der Waals surface area contributed by atoms with Crippen LogP contribution >= 0.6 is 0 Å². The highest BCUT2D eigenvalue weighted by molar-refractivity contribution is 5.81. The third kappa shape index (κ3) is 1.95. The molecule has 3 heterocycles. The maximum Gasteiger partial charge on any atom is 0.194 e. The molecule has 5 nitrogen and oxygen atoms in total. The van der Waals surface area contributed by atoms with E-state index in [-0.39, 0.29) is 0 Å². The largest absolute Gasteiger partial charge is 0.352 e. The van der Waals surface area contributed by atoms with Crippen molar-refractivity contribution in [1.82, 2.24) is 19.6 Å². The van der Waals surface area contributed by atoms with E-state index in [9.17, 15) is 0 Å². The highest BCUT2D eigenvalue weighted by atomic mass is 15.3. The Kier molecular flexibility index (Phi) is 2.44. The summed E-state index contributed by atoms with van der Waals surface area (Å²) in [5.41, 5.74) is 2.34. The number of imidazole rings is 1. The van der Waals surface area contributed by atoms with Crippen LogP contribution in [-0.2, 0) is 6.54 Å². The zero-order valence-electron chi connectivity index (χ0n) is 9.80. The second-order valence-electron chi connectivity index (χ2n) is 4.24. The minimum atomic E-state index is 0.789. The van der Waals surface area contributed by atoms with Crippen molar-refractivity contribution in [2.45, 2.75) is 6.54 Å². The van der Waals surface area contributed by atoms with Crippen LogP contribution in [0.3, 0.4) is 0 Å². The fraction of sp³-hybridized carbons (Fsp3) is 0.333. The molecule has 0 aromatic carbocycles. The van der Waals surface area contributed by atoms with E-state index in [1.54, 1.807) is 0 Å². The molecule has 0 spiro atoms. The summed E-state index contributed by atoms with van der Waals surface area (Å²) in [5, 5.41) is 3.35. The maximum absolute atomic E-state index is 4.40. The van der Waals surface area contributed by atoms with Crippen molar-refractivity contribution in [2.75, 3.05) is 20.1 Å². The third-order valence-electron chi connectivity index (χ3n) is 2.98. The van der Waals surface area contributed by atoms with Crippen LogP contribution in [0, 0.1) is 0 Å². The molecule has 1 aliphatic rings. The molecule has 0 saturated heterocycles. The third-order valence-corrected chi connectivity index (χ3v) is 2.98. The van der Waals surface area contributed by atoms with Gasteiger partial charge in [-0.2, -0.15) is 0 Å². The minimum absolute atomic E-state index is 0.789. The molecule has 2 aromatic heterocycles. The minimum Gasteiger partial charge on any atom is -0.352 e. The van der Waals surface area contributed by atoms with Crippen molar-refractivity contribution in [1.29, 1.82) is 0 Å². The summed E-state index contributed by atoms with van der Waals surface area (Å²) >= 11 is 0. The number of aromatic nitrogens is 2. The fourth-order valence-electron chi connectivity index (χ4n) is 1.97. The predicted octanol–water partition coefficient (Wildman–Crippen LogP) is 0.725. The van der Waals surface area contributed by atoms with E-state index in [2.05, 4.69) is 45.6 Å². The molecular formula is C12H15N5. The Morgan fingerprint density at radius 2 is 2.35 bits per heavy atom. The summed E-state index contributed by atoms with van der Waals surface area (Å²) in [7, 11) is 2.05. The van der Waals surface area contributed by atoms with Crippen LogP contribution in [0.25, 0.3) is 5.52 Å². The van der Waals surface area contributed by atoms with Gasteiger partial charge in [-0.3, -0.25) is 4.99 Å². The lowest BCUT2D eigenvalue weighted by Crippen LogP contribution is -2.35. The Morgan fingerprint density at radius 1 is 1.41 bits per heavy atom. The monoisotopic (exact) mass is 229 g/mol.